The Morgan fingerprint density at radius 2 is 1.80 bits per heavy atom. The predicted octanol–water partition coefficient (Wildman–Crippen LogP) is 5.42. The van der Waals surface area contributed by atoms with Crippen molar-refractivity contribution in [3.63, 3.8) is 0 Å². The fourth-order valence-electron chi connectivity index (χ4n) is 3.82. The molecule has 0 aliphatic carbocycles. The van der Waals surface area contributed by atoms with Crippen molar-refractivity contribution in [3.8, 4) is 5.75 Å². The van der Waals surface area contributed by atoms with Crippen molar-refractivity contribution in [3.05, 3.63) is 95.9 Å². The van der Waals surface area contributed by atoms with E-state index in [4.69, 9.17) is 4.74 Å². The number of barbiturate groups is 1. The average Bonchev–Trinajstić information content (AvgIpc) is 2.88. The molecule has 0 spiro atoms. The molecule has 0 unspecified atom stereocenters. The molecular formula is C27H20Br2N4O7. The van der Waals surface area contributed by atoms with Crippen molar-refractivity contribution in [2.45, 2.75) is 13.8 Å². The molecule has 0 aromatic heterocycles. The molecule has 5 amide bonds. The summed E-state index contributed by atoms with van der Waals surface area (Å²) >= 11 is 6.75. The highest BCUT2D eigenvalue weighted by atomic mass is 79.9. The van der Waals surface area contributed by atoms with E-state index in [1.165, 1.54) is 18.2 Å². The summed E-state index contributed by atoms with van der Waals surface area (Å²) in [7, 11) is 0. The van der Waals surface area contributed by atoms with Crippen LogP contribution in [0.15, 0.2) is 69.1 Å². The van der Waals surface area contributed by atoms with E-state index in [1.807, 2.05) is 26.0 Å². The highest BCUT2D eigenvalue weighted by molar-refractivity contribution is 9.11. The predicted molar refractivity (Wildman–Crippen MR) is 154 cm³/mol. The average molecular weight is 672 g/mol. The normalized spacial score (nSPS) is 14.2. The van der Waals surface area contributed by atoms with Crippen LogP contribution in [0, 0.1) is 24.0 Å². The number of anilines is 2. The van der Waals surface area contributed by atoms with Gasteiger partial charge in [0.15, 0.2) is 6.61 Å². The van der Waals surface area contributed by atoms with Crippen LogP contribution in [0.4, 0.5) is 21.9 Å². The second kappa shape index (κ2) is 11.8. The molecule has 3 aromatic carbocycles. The number of amides is 5. The standard InChI is InChI=1S/C27H20Br2N4O7/c1-14-4-3-5-22(15(14)2)30-23(34)13-40-24-16(10-17(28)12-21(24)29)11-20-25(35)31-27(37)32(26(20)36)18-6-8-19(9-7-18)33(38)39/h3-12H,13H2,1-2H3,(H,30,34)(H,31,35,37)/b20-11-. The van der Waals surface area contributed by atoms with Crippen molar-refractivity contribution in [1.29, 1.82) is 0 Å². The van der Waals surface area contributed by atoms with Crippen LogP contribution in [0.5, 0.6) is 5.75 Å². The number of carbonyl (C=O) groups is 4. The van der Waals surface area contributed by atoms with Gasteiger partial charge in [0, 0.05) is 27.9 Å². The number of nitrogens with one attached hydrogen (secondary N) is 2. The van der Waals surface area contributed by atoms with Crippen LogP contribution < -0.4 is 20.3 Å². The van der Waals surface area contributed by atoms with E-state index in [1.54, 1.807) is 18.2 Å². The van der Waals surface area contributed by atoms with Crippen LogP contribution in [0.25, 0.3) is 6.08 Å². The summed E-state index contributed by atoms with van der Waals surface area (Å²) in [5.74, 6) is -2.14. The first-order valence-electron chi connectivity index (χ1n) is 11.6. The van der Waals surface area contributed by atoms with Gasteiger partial charge in [-0.25, -0.2) is 9.69 Å². The van der Waals surface area contributed by atoms with Gasteiger partial charge in [0.2, 0.25) is 0 Å². The van der Waals surface area contributed by atoms with Gasteiger partial charge in [-0.1, -0.05) is 28.1 Å². The largest absolute Gasteiger partial charge is 0.482 e. The van der Waals surface area contributed by atoms with Crippen molar-refractivity contribution in [2.75, 3.05) is 16.8 Å². The summed E-state index contributed by atoms with van der Waals surface area (Å²) in [6, 6.07) is 12.5. The lowest BCUT2D eigenvalue weighted by Crippen LogP contribution is -2.54. The molecule has 204 valence electrons. The number of carbonyl (C=O) groups excluding carboxylic acids is 4. The molecule has 1 aliphatic heterocycles. The highest BCUT2D eigenvalue weighted by Crippen LogP contribution is 2.35. The number of benzene rings is 3. The molecule has 0 bridgehead atoms. The third-order valence-electron chi connectivity index (χ3n) is 5.98. The monoisotopic (exact) mass is 670 g/mol. The Kier molecular flexibility index (Phi) is 8.45. The molecule has 1 fully saturated rings. The zero-order chi connectivity index (χ0) is 29.1. The minimum Gasteiger partial charge on any atom is -0.482 e. The molecule has 4 rings (SSSR count). The van der Waals surface area contributed by atoms with Gasteiger partial charge in [-0.15, -0.1) is 0 Å². The van der Waals surface area contributed by atoms with Crippen LogP contribution in [0.3, 0.4) is 0 Å². The first-order chi connectivity index (χ1) is 19.0. The van der Waals surface area contributed by atoms with Crippen LogP contribution in [0.2, 0.25) is 0 Å². The summed E-state index contributed by atoms with van der Waals surface area (Å²) in [6.45, 7) is 3.44. The number of halogens is 2. The highest BCUT2D eigenvalue weighted by Gasteiger charge is 2.37. The van der Waals surface area contributed by atoms with Gasteiger partial charge in [-0.05, 0) is 77.3 Å². The third-order valence-corrected chi connectivity index (χ3v) is 7.03. The Morgan fingerprint density at radius 3 is 2.48 bits per heavy atom. The maximum atomic E-state index is 13.3. The van der Waals surface area contributed by atoms with Crippen molar-refractivity contribution < 1.29 is 28.8 Å². The molecule has 2 N–H and O–H groups in total. The number of nitro benzene ring substituents is 1. The summed E-state index contributed by atoms with van der Waals surface area (Å²) in [5, 5.41) is 15.9. The zero-order valence-corrected chi connectivity index (χ0v) is 24.2. The van der Waals surface area contributed by atoms with Crippen LogP contribution in [-0.2, 0) is 14.4 Å². The van der Waals surface area contributed by atoms with Gasteiger partial charge >= 0.3 is 6.03 Å². The summed E-state index contributed by atoms with van der Waals surface area (Å²) in [5.41, 5.74) is 2.24. The Hall–Kier alpha value is -4.36. The topological polar surface area (TPSA) is 148 Å². The number of non-ortho nitro benzene ring substituents is 1. The van der Waals surface area contributed by atoms with E-state index < -0.39 is 34.2 Å². The maximum absolute atomic E-state index is 13.3. The van der Waals surface area contributed by atoms with Gasteiger partial charge in [-0.2, -0.15) is 0 Å². The third kappa shape index (κ3) is 6.10. The summed E-state index contributed by atoms with van der Waals surface area (Å²) < 4.78 is 6.80. The lowest BCUT2D eigenvalue weighted by Gasteiger charge is -2.26. The summed E-state index contributed by atoms with van der Waals surface area (Å²) in [6.07, 6.45) is 1.23. The first kappa shape index (κ1) is 28.6. The number of ether oxygens (including phenoxy) is 1. The number of rotatable bonds is 7. The van der Waals surface area contributed by atoms with Gasteiger partial charge in [0.05, 0.1) is 15.1 Å². The van der Waals surface area contributed by atoms with Crippen molar-refractivity contribution >= 4 is 78.8 Å². The molecule has 0 atom stereocenters. The molecule has 3 aromatic rings. The number of nitrogens with zero attached hydrogens (tertiary/aromatic N) is 2. The number of imide groups is 2. The lowest BCUT2D eigenvalue weighted by molar-refractivity contribution is -0.384. The fourth-order valence-corrected chi connectivity index (χ4v) is 5.19. The van der Waals surface area contributed by atoms with Crippen LogP contribution in [0.1, 0.15) is 16.7 Å². The molecule has 1 saturated heterocycles. The number of aryl methyl sites for hydroxylation is 1. The molecule has 40 heavy (non-hydrogen) atoms. The number of urea groups is 1. The van der Waals surface area contributed by atoms with Crippen molar-refractivity contribution in [1.82, 2.24) is 5.32 Å². The van der Waals surface area contributed by atoms with E-state index in [2.05, 4.69) is 42.5 Å². The lowest BCUT2D eigenvalue weighted by atomic mass is 10.1. The molecule has 11 nitrogen and oxygen atoms in total. The first-order valence-corrected chi connectivity index (χ1v) is 13.2. The van der Waals surface area contributed by atoms with E-state index in [0.717, 1.165) is 23.3 Å². The van der Waals surface area contributed by atoms with Gasteiger partial charge in [-0.3, -0.25) is 29.8 Å². The van der Waals surface area contributed by atoms with E-state index in [-0.39, 0.29) is 29.3 Å². The Labute approximate surface area is 244 Å². The smallest absolute Gasteiger partial charge is 0.335 e. The van der Waals surface area contributed by atoms with E-state index in [9.17, 15) is 29.3 Å². The zero-order valence-electron chi connectivity index (χ0n) is 21.0. The minimum absolute atomic E-state index is 0.0292. The van der Waals surface area contributed by atoms with E-state index >= 15 is 0 Å². The quantitative estimate of drug-likeness (QED) is 0.147. The molecule has 1 aliphatic rings. The van der Waals surface area contributed by atoms with E-state index in [0.29, 0.717) is 19.5 Å². The number of hydrogen-bond acceptors (Lipinski definition) is 7. The molecule has 1 heterocycles. The fraction of sp³-hybridized carbons (Fsp3) is 0.111. The summed E-state index contributed by atoms with van der Waals surface area (Å²) in [4.78, 5) is 62.2. The van der Waals surface area contributed by atoms with Gasteiger partial charge < -0.3 is 10.1 Å². The van der Waals surface area contributed by atoms with Gasteiger partial charge in [0.1, 0.15) is 11.3 Å². The molecular weight excluding hydrogens is 652 g/mol. The van der Waals surface area contributed by atoms with Crippen molar-refractivity contribution in [2.24, 2.45) is 0 Å². The minimum atomic E-state index is -1.00. The second-order valence-corrected chi connectivity index (χ2v) is 10.4. The molecule has 0 saturated carbocycles. The number of hydrogen-bond donors (Lipinski definition) is 2. The Balaban J connectivity index is 1.62. The second-order valence-electron chi connectivity index (χ2n) is 8.62. The van der Waals surface area contributed by atoms with Gasteiger partial charge in [0.25, 0.3) is 23.4 Å². The number of nitro groups is 1. The van der Waals surface area contributed by atoms with Crippen LogP contribution in [-0.4, -0.2) is 35.3 Å². The molecule has 0 radical (unpaired) electrons. The SMILES string of the molecule is Cc1cccc(NC(=O)COc2c(Br)cc(Br)cc2/C=C2/C(=O)NC(=O)N(c3ccc([N+](=O)[O-])cc3)C2=O)c1C. The Bertz CT molecular complexity index is 1600. The maximum Gasteiger partial charge on any atom is 0.335 e. The molecule has 13 heteroatoms. The van der Waals surface area contributed by atoms with Crippen LogP contribution >= 0.6 is 31.9 Å². The Morgan fingerprint density at radius 1 is 1.10 bits per heavy atom.